The minimum Gasteiger partial charge on any atom is -0.507 e. The molecule has 1 N–H and O–H groups in total. The van der Waals surface area contributed by atoms with E-state index >= 15 is 0 Å². The number of hydrogen-bond acceptors (Lipinski definition) is 14. The van der Waals surface area contributed by atoms with Gasteiger partial charge in [0.1, 0.15) is 90.8 Å². The SMILES string of the molecule is COc1cc(-c2ccccc2)c(O)c(-c2ccccc2)c1.Cc1ccc(S(=O)(=O)Oc2ccc(OS(=O)(=O)c3ccc(C)cc3)c(C#N)c2C#N)cc1.N#Cc1c(Oc2ccccc2)ccc(Oc2ccccc2)c1C#N.[U]. The predicted molar refractivity (Wildman–Crippen MR) is 288 cm³/mol. The molecule has 0 heterocycles. The molecule has 0 saturated heterocycles. The Kier molecular flexibility index (Phi) is 20.0. The first-order chi connectivity index (χ1) is 37.2. The molecule has 0 atom stereocenters. The second kappa shape index (κ2) is 27.0. The fourth-order valence-corrected chi connectivity index (χ4v) is 9.14. The predicted octanol–water partition coefficient (Wildman–Crippen LogP) is 13.3. The fourth-order valence-electron chi connectivity index (χ4n) is 7.26. The molecule has 0 fully saturated rings. The molecule has 0 amide bonds. The van der Waals surface area contributed by atoms with Gasteiger partial charge >= 0.3 is 20.2 Å². The van der Waals surface area contributed by atoms with E-state index in [0.29, 0.717) is 23.0 Å². The van der Waals surface area contributed by atoms with Crippen LogP contribution in [0.25, 0.3) is 22.3 Å². The summed E-state index contributed by atoms with van der Waals surface area (Å²) in [5.41, 5.74) is 4.50. The van der Waals surface area contributed by atoms with Crippen LogP contribution in [-0.2, 0) is 20.2 Å². The van der Waals surface area contributed by atoms with E-state index in [0.717, 1.165) is 51.3 Å². The molecule has 17 heteroatoms. The minimum atomic E-state index is -4.30. The van der Waals surface area contributed by atoms with E-state index in [1.807, 2.05) is 121 Å². The average Bonchev–Trinajstić information content (AvgIpc) is 3.46. The molecule has 14 nitrogen and oxygen atoms in total. The summed E-state index contributed by atoms with van der Waals surface area (Å²) < 4.78 is 77.2. The van der Waals surface area contributed by atoms with Gasteiger partial charge in [-0.25, -0.2) is 0 Å². The Morgan fingerprint density at radius 3 is 1.00 bits per heavy atom. The maximum atomic E-state index is 12.6. The van der Waals surface area contributed by atoms with Gasteiger partial charge in [0.25, 0.3) is 0 Å². The second-order valence-corrected chi connectivity index (χ2v) is 19.5. The van der Waals surface area contributed by atoms with Crippen molar-refractivity contribution >= 4 is 20.2 Å². The minimum absolute atomic E-state index is 0. The van der Waals surface area contributed by atoms with Crippen LogP contribution in [0, 0.1) is 90.3 Å². The van der Waals surface area contributed by atoms with Crippen molar-refractivity contribution in [2.24, 2.45) is 0 Å². The Hall–Kier alpha value is -9.31. The Balaban J connectivity index is 0.000000193. The number of rotatable bonds is 13. The topological polar surface area (TPSA) is 230 Å². The molecule has 0 aromatic heterocycles. The fraction of sp³-hybridized carbons (Fsp3) is 0.0492. The maximum absolute atomic E-state index is 12.6. The molecule has 9 rings (SSSR count). The first-order valence-electron chi connectivity index (χ1n) is 23.1. The molecular formula is C61H44N4O10S2U. The van der Waals surface area contributed by atoms with Crippen molar-refractivity contribution in [1.82, 2.24) is 0 Å². The standard InChI is InChI=1S/C22H16N2O6S2.C20H12N2O2.C19H16O2.U/c1-15-3-7-17(8-4-15)31(25,26)29-21-11-12-22(20(14-24)19(21)13-23)30-32(27,28)18-9-5-16(2)6-10-18;21-13-17-18(14-22)20(24-16-9-5-2-6-10-16)12-11-19(17)23-15-7-3-1-4-8-15;1-21-16-12-17(14-8-4-2-5-9-14)19(20)18(13-16)15-10-6-3-7-11-15;/h3-12H,1-2H3;1-12H;2-13,20H,1H3;. The number of aryl methyl sites for hydroxylation is 2. The summed E-state index contributed by atoms with van der Waals surface area (Å²) in [6.07, 6.45) is 0. The van der Waals surface area contributed by atoms with Gasteiger partial charge < -0.3 is 27.7 Å². The molecule has 0 saturated carbocycles. The summed E-state index contributed by atoms with van der Waals surface area (Å²) in [4.78, 5) is -0.291. The van der Waals surface area contributed by atoms with E-state index in [1.165, 1.54) is 24.3 Å². The number of nitriles is 4. The Labute approximate surface area is 476 Å². The van der Waals surface area contributed by atoms with Crippen molar-refractivity contribution in [2.45, 2.75) is 23.6 Å². The second-order valence-electron chi connectivity index (χ2n) is 16.4. The smallest absolute Gasteiger partial charge is 0.339 e. The molecular weight excluding hydrogens is 1250 g/mol. The van der Waals surface area contributed by atoms with Gasteiger partial charge in [-0.2, -0.15) is 37.9 Å². The number of ether oxygens (including phenoxy) is 3. The third kappa shape index (κ3) is 14.5. The van der Waals surface area contributed by atoms with E-state index in [9.17, 15) is 43.0 Å². The molecule has 9 aromatic rings. The van der Waals surface area contributed by atoms with E-state index in [4.69, 9.17) is 22.6 Å². The van der Waals surface area contributed by atoms with E-state index in [2.05, 4.69) is 0 Å². The maximum Gasteiger partial charge on any atom is 0.339 e. The molecule has 78 heavy (non-hydrogen) atoms. The normalized spacial score (nSPS) is 10.3. The first kappa shape index (κ1) is 58.0. The van der Waals surface area contributed by atoms with Gasteiger partial charge in [0, 0.05) is 42.2 Å². The van der Waals surface area contributed by atoms with Crippen LogP contribution in [0.3, 0.4) is 0 Å². The van der Waals surface area contributed by atoms with Crippen LogP contribution in [0.4, 0.5) is 0 Å². The molecule has 0 radical (unpaired) electrons. The number of benzene rings is 9. The van der Waals surface area contributed by atoms with Crippen LogP contribution in [0.1, 0.15) is 33.4 Å². The van der Waals surface area contributed by atoms with Gasteiger partial charge in [0.15, 0.2) is 11.5 Å². The first-order valence-corrected chi connectivity index (χ1v) is 25.9. The van der Waals surface area contributed by atoms with E-state index in [-0.39, 0.29) is 57.8 Å². The van der Waals surface area contributed by atoms with E-state index in [1.54, 1.807) is 93.8 Å². The van der Waals surface area contributed by atoms with Crippen LogP contribution < -0.4 is 22.6 Å². The third-order valence-electron chi connectivity index (χ3n) is 11.2. The summed E-state index contributed by atoms with van der Waals surface area (Å²) in [5.74, 6) is 1.97. The monoisotopic (exact) mass is 1290 g/mol. The summed E-state index contributed by atoms with van der Waals surface area (Å²) in [6.45, 7) is 3.57. The Bertz CT molecular complexity index is 3690. The van der Waals surface area contributed by atoms with Gasteiger partial charge in [0.2, 0.25) is 0 Å². The van der Waals surface area contributed by atoms with Gasteiger partial charge in [-0.1, -0.05) is 132 Å². The van der Waals surface area contributed by atoms with Crippen molar-refractivity contribution in [3.05, 3.63) is 240 Å². The third-order valence-corrected chi connectivity index (χ3v) is 13.7. The number of phenolic OH excluding ortho intramolecular Hbond substituents is 1. The number of methoxy groups -OCH3 is 1. The number of aromatic hydroxyl groups is 1. The van der Waals surface area contributed by atoms with E-state index < -0.39 is 42.9 Å². The summed E-state index contributed by atoms with van der Waals surface area (Å²) in [6, 6.07) is 66.0. The van der Waals surface area contributed by atoms with Crippen molar-refractivity contribution in [2.75, 3.05) is 7.11 Å². The zero-order valence-corrected chi connectivity index (χ0v) is 47.7. The number of para-hydroxylation sites is 2. The van der Waals surface area contributed by atoms with Crippen molar-refractivity contribution in [3.63, 3.8) is 0 Å². The Morgan fingerprint density at radius 2 is 0.692 bits per heavy atom. The number of phenols is 1. The Morgan fingerprint density at radius 1 is 0.397 bits per heavy atom. The van der Waals surface area contributed by atoms with Crippen LogP contribution in [0.5, 0.6) is 46.0 Å². The molecule has 384 valence electrons. The zero-order valence-electron chi connectivity index (χ0n) is 41.9. The van der Waals surface area contributed by atoms with Gasteiger partial charge in [-0.3, -0.25) is 0 Å². The summed E-state index contributed by atoms with van der Waals surface area (Å²) in [5, 5.41) is 48.6. The van der Waals surface area contributed by atoms with Crippen molar-refractivity contribution in [3.8, 4) is 92.5 Å². The number of nitrogens with zero attached hydrogens (tertiary/aromatic N) is 4. The van der Waals surface area contributed by atoms with Crippen molar-refractivity contribution in [1.29, 1.82) is 21.0 Å². The molecule has 0 aliphatic carbocycles. The molecule has 0 unspecified atom stereocenters. The quantitative estimate of drug-likeness (QED) is 0.106. The van der Waals surface area contributed by atoms with Crippen LogP contribution in [-0.4, -0.2) is 29.1 Å². The van der Waals surface area contributed by atoms with Gasteiger partial charge in [0.05, 0.1) is 7.11 Å². The van der Waals surface area contributed by atoms with Crippen LogP contribution in [0.2, 0.25) is 0 Å². The van der Waals surface area contributed by atoms with Crippen LogP contribution >= 0.6 is 0 Å². The summed E-state index contributed by atoms with van der Waals surface area (Å²) in [7, 11) is -6.97. The van der Waals surface area contributed by atoms with Crippen LogP contribution in [0.15, 0.2) is 216 Å². The summed E-state index contributed by atoms with van der Waals surface area (Å²) >= 11 is 0. The molecule has 0 aliphatic rings. The molecule has 0 bridgehead atoms. The van der Waals surface area contributed by atoms with Gasteiger partial charge in [-0.05, 0) is 110 Å². The molecule has 0 spiro atoms. The average molecular weight is 1300 g/mol. The van der Waals surface area contributed by atoms with Gasteiger partial charge in [-0.15, -0.1) is 0 Å². The zero-order chi connectivity index (χ0) is 55.0. The molecule has 9 aromatic carbocycles. The number of hydrogen-bond donors (Lipinski definition) is 1. The largest absolute Gasteiger partial charge is 0.507 e. The molecule has 0 aliphatic heterocycles. The van der Waals surface area contributed by atoms with Crippen molar-refractivity contribution < 1.29 is 75.6 Å².